The van der Waals surface area contributed by atoms with Crippen LogP contribution in [0, 0.1) is 5.82 Å². The Morgan fingerprint density at radius 3 is 2.74 bits per heavy atom. The quantitative estimate of drug-likeness (QED) is 0.784. The summed E-state index contributed by atoms with van der Waals surface area (Å²) in [6.07, 6.45) is 2.36. The summed E-state index contributed by atoms with van der Waals surface area (Å²) in [6.45, 7) is 1.53. The van der Waals surface area contributed by atoms with Crippen molar-refractivity contribution in [2.45, 2.75) is 25.3 Å². The topological polar surface area (TPSA) is 49.8 Å². The normalized spacial score (nSPS) is 14.6. The van der Waals surface area contributed by atoms with Crippen molar-refractivity contribution in [3.05, 3.63) is 30.1 Å². The molecule has 1 aliphatic carbocycles. The third-order valence-corrected chi connectivity index (χ3v) is 3.15. The molecule has 1 N–H and O–H groups in total. The largest absolute Gasteiger partial charge is 0.489 e. The van der Waals surface area contributed by atoms with Crippen molar-refractivity contribution in [2.75, 3.05) is 19.7 Å². The average Bonchev–Trinajstić information content (AvgIpc) is 3.19. The van der Waals surface area contributed by atoms with E-state index in [2.05, 4.69) is 4.90 Å². The van der Waals surface area contributed by atoms with E-state index in [9.17, 15) is 9.18 Å². The first-order chi connectivity index (χ1) is 9.16. The molecule has 0 amide bonds. The number of hydrogen-bond donors (Lipinski definition) is 1. The fraction of sp³-hybridized carbons (Fsp3) is 0.500. The minimum atomic E-state index is -0.791. The van der Waals surface area contributed by atoms with Crippen LogP contribution in [0.3, 0.4) is 0 Å². The van der Waals surface area contributed by atoms with Gasteiger partial charge in [-0.2, -0.15) is 0 Å². The second kappa shape index (κ2) is 6.52. The molecule has 1 fully saturated rings. The lowest BCUT2D eigenvalue weighted by molar-refractivity contribution is -0.137. The molecular formula is C14H18FNO3. The summed E-state index contributed by atoms with van der Waals surface area (Å²) in [5.74, 6) is -0.914. The van der Waals surface area contributed by atoms with Crippen LogP contribution >= 0.6 is 0 Å². The zero-order chi connectivity index (χ0) is 13.7. The van der Waals surface area contributed by atoms with Crippen LogP contribution in [0.2, 0.25) is 0 Å². The van der Waals surface area contributed by atoms with E-state index in [-0.39, 0.29) is 18.0 Å². The molecule has 0 saturated heterocycles. The molecule has 4 nitrogen and oxygen atoms in total. The summed E-state index contributed by atoms with van der Waals surface area (Å²) in [7, 11) is 0. The fourth-order valence-corrected chi connectivity index (χ4v) is 1.99. The number of aliphatic carboxylic acids is 1. The first-order valence-electron chi connectivity index (χ1n) is 6.50. The Bertz CT molecular complexity index is 434. The van der Waals surface area contributed by atoms with Crippen LogP contribution in [0.5, 0.6) is 5.75 Å². The smallest absolute Gasteiger partial charge is 0.304 e. The van der Waals surface area contributed by atoms with Crippen LogP contribution in [0.1, 0.15) is 19.3 Å². The van der Waals surface area contributed by atoms with E-state index in [1.54, 1.807) is 18.2 Å². The molecule has 2 rings (SSSR count). The second-order valence-electron chi connectivity index (χ2n) is 4.69. The minimum absolute atomic E-state index is 0.135. The number of carboxylic acid groups (broad SMARTS) is 1. The van der Waals surface area contributed by atoms with Gasteiger partial charge in [-0.3, -0.25) is 9.69 Å². The molecule has 0 unspecified atom stereocenters. The number of carbonyl (C=O) groups is 1. The molecule has 1 saturated carbocycles. The van der Waals surface area contributed by atoms with Gasteiger partial charge < -0.3 is 9.84 Å². The second-order valence-corrected chi connectivity index (χ2v) is 4.69. The van der Waals surface area contributed by atoms with Gasteiger partial charge >= 0.3 is 5.97 Å². The molecule has 0 atom stereocenters. The summed E-state index contributed by atoms with van der Waals surface area (Å²) in [4.78, 5) is 12.7. The van der Waals surface area contributed by atoms with E-state index in [4.69, 9.17) is 9.84 Å². The molecule has 1 aromatic carbocycles. The molecular weight excluding hydrogens is 249 g/mol. The Hall–Kier alpha value is -1.62. The average molecular weight is 267 g/mol. The van der Waals surface area contributed by atoms with Gasteiger partial charge in [-0.05, 0) is 25.0 Å². The highest BCUT2D eigenvalue weighted by atomic mass is 19.1. The Kier molecular flexibility index (Phi) is 4.74. The zero-order valence-corrected chi connectivity index (χ0v) is 10.7. The highest BCUT2D eigenvalue weighted by Crippen LogP contribution is 2.26. The van der Waals surface area contributed by atoms with Gasteiger partial charge in [-0.15, -0.1) is 0 Å². The monoisotopic (exact) mass is 267 g/mol. The molecule has 104 valence electrons. The highest BCUT2D eigenvalue weighted by Gasteiger charge is 2.28. The molecule has 0 bridgehead atoms. The maximum absolute atomic E-state index is 13.3. The Balaban J connectivity index is 1.76. The van der Waals surface area contributed by atoms with Gasteiger partial charge in [0.1, 0.15) is 6.61 Å². The van der Waals surface area contributed by atoms with E-state index in [1.165, 1.54) is 6.07 Å². The third-order valence-electron chi connectivity index (χ3n) is 3.15. The minimum Gasteiger partial charge on any atom is -0.489 e. The van der Waals surface area contributed by atoms with Crippen molar-refractivity contribution in [1.82, 2.24) is 4.90 Å². The SMILES string of the molecule is O=C(O)CCN(CCOc1ccccc1F)C1CC1. The van der Waals surface area contributed by atoms with E-state index in [0.717, 1.165) is 12.8 Å². The number of hydrogen-bond acceptors (Lipinski definition) is 3. The molecule has 0 heterocycles. The molecule has 0 aliphatic heterocycles. The van der Waals surface area contributed by atoms with Crippen LogP contribution in [-0.2, 0) is 4.79 Å². The van der Waals surface area contributed by atoms with Gasteiger partial charge in [-0.25, -0.2) is 4.39 Å². The standard InChI is InChI=1S/C14H18FNO3/c15-12-3-1-2-4-13(12)19-10-9-16(11-5-6-11)8-7-14(17)18/h1-4,11H,5-10H2,(H,17,18). The summed E-state index contributed by atoms with van der Waals surface area (Å²) >= 11 is 0. The predicted molar refractivity (Wildman–Crippen MR) is 68.7 cm³/mol. The molecule has 0 radical (unpaired) electrons. The van der Waals surface area contributed by atoms with E-state index in [0.29, 0.717) is 25.7 Å². The van der Waals surface area contributed by atoms with Crippen LogP contribution < -0.4 is 4.74 Å². The first kappa shape index (κ1) is 13.8. The van der Waals surface area contributed by atoms with Gasteiger partial charge in [-0.1, -0.05) is 12.1 Å². The van der Waals surface area contributed by atoms with Gasteiger partial charge in [0.05, 0.1) is 6.42 Å². The van der Waals surface area contributed by atoms with Crippen molar-refractivity contribution in [3.8, 4) is 5.75 Å². The summed E-state index contributed by atoms with van der Waals surface area (Å²) in [5.41, 5.74) is 0. The van der Waals surface area contributed by atoms with Gasteiger partial charge in [0, 0.05) is 19.1 Å². The number of nitrogens with zero attached hydrogens (tertiary/aromatic N) is 1. The number of halogens is 1. The van der Waals surface area contributed by atoms with Crippen molar-refractivity contribution in [2.24, 2.45) is 0 Å². The zero-order valence-electron chi connectivity index (χ0n) is 10.7. The van der Waals surface area contributed by atoms with Crippen molar-refractivity contribution in [1.29, 1.82) is 0 Å². The van der Waals surface area contributed by atoms with Crippen molar-refractivity contribution < 1.29 is 19.0 Å². The van der Waals surface area contributed by atoms with Crippen LogP contribution in [0.4, 0.5) is 4.39 Å². The van der Waals surface area contributed by atoms with Crippen LogP contribution in [0.15, 0.2) is 24.3 Å². The Labute approximate surface area is 111 Å². The van der Waals surface area contributed by atoms with Gasteiger partial charge in [0.25, 0.3) is 0 Å². The molecule has 19 heavy (non-hydrogen) atoms. The Morgan fingerprint density at radius 2 is 2.11 bits per heavy atom. The molecule has 0 spiro atoms. The number of benzene rings is 1. The third kappa shape index (κ3) is 4.52. The lowest BCUT2D eigenvalue weighted by atomic mass is 10.3. The van der Waals surface area contributed by atoms with E-state index >= 15 is 0 Å². The lowest BCUT2D eigenvalue weighted by Gasteiger charge is -2.21. The lowest BCUT2D eigenvalue weighted by Crippen LogP contribution is -2.32. The number of ether oxygens (including phenoxy) is 1. The maximum atomic E-state index is 13.3. The predicted octanol–water partition coefficient (Wildman–Crippen LogP) is 2.14. The fourth-order valence-electron chi connectivity index (χ4n) is 1.99. The molecule has 0 aromatic heterocycles. The van der Waals surface area contributed by atoms with E-state index in [1.807, 2.05) is 0 Å². The summed E-state index contributed by atoms with van der Waals surface area (Å²) < 4.78 is 18.7. The van der Waals surface area contributed by atoms with E-state index < -0.39 is 5.97 Å². The number of para-hydroxylation sites is 1. The van der Waals surface area contributed by atoms with Crippen LogP contribution in [0.25, 0.3) is 0 Å². The van der Waals surface area contributed by atoms with Crippen molar-refractivity contribution in [3.63, 3.8) is 0 Å². The molecule has 5 heteroatoms. The summed E-state index contributed by atoms with van der Waals surface area (Å²) in [5, 5.41) is 8.70. The molecule has 1 aliphatic rings. The first-order valence-corrected chi connectivity index (χ1v) is 6.50. The van der Waals surface area contributed by atoms with Crippen LogP contribution in [-0.4, -0.2) is 41.7 Å². The maximum Gasteiger partial charge on any atom is 0.304 e. The number of carboxylic acids is 1. The van der Waals surface area contributed by atoms with Gasteiger partial charge in [0.15, 0.2) is 11.6 Å². The molecule has 1 aromatic rings. The highest BCUT2D eigenvalue weighted by molar-refractivity contribution is 5.66. The summed E-state index contributed by atoms with van der Waals surface area (Å²) in [6, 6.07) is 6.77. The number of rotatable bonds is 8. The Morgan fingerprint density at radius 1 is 1.37 bits per heavy atom. The van der Waals surface area contributed by atoms with Gasteiger partial charge in [0.2, 0.25) is 0 Å². The van der Waals surface area contributed by atoms with Crippen molar-refractivity contribution >= 4 is 5.97 Å².